The van der Waals surface area contributed by atoms with Crippen molar-refractivity contribution in [3.05, 3.63) is 29.3 Å². The molecule has 0 unspecified atom stereocenters. The van der Waals surface area contributed by atoms with Gasteiger partial charge in [0.2, 0.25) is 0 Å². The van der Waals surface area contributed by atoms with Crippen LogP contribution in [0.5, 0.6) is 0 Å². The van der Waals surface area contributed by atoms with Crippen molar-refractivity contribution in [1.82, 2.24) is 0 Å². The molecule has 1 N–H and O–H groups in total. The summed E-state index contributed by atoms with van der Waals surface area (Å²) in [5, 5.41) is 8.95. The summed E-state index contributed by atoms with van der Waals surface area (Å²) in [7, 11) is -7.25. The molecule has 21 heavy (non-hydrogen) atoms. The maximum Gasteiger partial charge on any atom is 0.335 e. The average molecular weight is 334 g/mol. The van der Waals surface area contributed by atoms with Gasteiger partial charge in [0.05, 0.1) is 22.0 Å². The van der Waals surface area contributed by atoms with Crippen molar-refractivity contribution < 1.29 is 26.7 Å². The van der Waals surface area contributed by atoms with Crippen molar-refractivity contribution in [3.8, 4) is 0 Å². The van der Waals surface area contributed by atoms with E-state index in [9.17, 15) is 21.6 Å². The Bertz CT molecular complexity index is 732. The number of hydrogen-bond acceptors (Lipinski definition) is 5. The second-order valence-electron chi connectivity index (χ2n) is 4.54. The highest BCUT2D eigenvalue weighted by Gasteiger charge is 2.22. The molecular formula is C13H18O6S2. The largest absolute Gasteiger partial charge is 0.478 e. The van der Waals surface area contributed by atoms with E-state index in [0.717, 1.165) is 6.07 Å². The van der Waals surface area contributed by atoms with Crippen LogP contribution in [0.2, 0.25) is 0 Å². The van der Waals surface area contributed by atoms with Gasteiger partial charge in [-0.05, 0) is 24.1 Å². The molecule has 0 aliphatic rings. The third kappa shape index (κ3) is 4.53. The first-order valence-corrected chi connectivity index (χ1v) is 9.89. The fourth-order valence-electron chi connectivity index (χ4n) is 1.76. The molecule has 0 aromatic heterocycles. The summed E-state index contributed by atoms with van der Waals surface area (Å²) in [5.41, 5.74) is 0.345. The molecule has 0 fully saturated rings. The molecule has 0 atom stereocenters. The minimum Gasteiger partial charge on any atom is -0.478 e. The van der Waals surface area contributed by atoms with E-state index < -0.39 is 37.1 Å². The lowest BCUT2D eigenvalue weighted by molar-refractivity contribution is 0.0696. The number of hydrogen-bond donors (Lipinski definition) is 1. The van der Waals surface area contributed by atoms with Crippen LogP contribution in [0.3, 0.4) is 0 Å². The van der Waals surface area contributed by atoms with Gasteiger partial charge in [-0.1, -0.05) is 19.9 Å². The van der Waals surface area contributed by atoms with E-state index in [0.29, 0.717) is 12.0 Å². The van der Waals surface area contributed by atoms with Crippen LogP contribution < -0.4 is 0 Å². The minimum absolute atomic E-state index is 0.101. The second-order valence-corrected chi connectivity index (χ2v) is 9.09. The molecule has 6 nitrogen and oxygen atoms in total. The molecule has 0 aliphatic heterocycles. The van der Waals surface area contributed by atoms with Crippen molar-refractivity contribution in [3.63, 3.8) is 0 Å². The van der Waals surface area contributed by atoms with E-state index in [2.05, 4.69) is 0 Å². The van der Waals surface area contributed by atoms with E-state index in [4.69, 9.17) is 5.11 Å². The summed E-state index contributed by atoms with van der Waals surface area (Å²) < 4.78 is 47.5. The van der Waals surface area contributed by atoms with Crippen LogP contribution in [-0.4, -0.2) is 45.2 Å². The Morgan fingerprint density at radius 2 is 1.71 bits per heavy atom. The van der Waals surface area contributed by atoms with Crippen molar-refractivity contribution in [2.45, 2.75) is 25.2 Å². The molecule has 0 saturated heterocycles. The van der Waals surface area contributed by atoms with Gasteiger partial charge in [0.25, 0.3) is 0 Å². The van der Waals surface area contributed by atoms with Crippen LogP contribution in [0.25, 0.3) is 0 Å². The number of rotatable bonds is 7. The van der Waals surface area contributed by atoms with E-state index in [-0.39, 0.29) is 16.2 Å². The predicted octanol–water partition coefficient (Wildman–Crippen LogP) is 1.16. The molecule has 1 aromatic rings. The maximum absolute atomic E-state index is 12.3. The van der Waals surface area contributed by atoms with Crippen molar-refractivity contribution in [2.24, 2.45) is 0 Å². The van der Waals surface area contributed by atoms with Crippen LogP contribution in [-0.2, 0) is 26.1 Å². The molecule has 0 heterocycles. The maximum atomic E-state index is 12.3. The summed E-state index contributed by atoms with van der Waals surface area (Å²) in [6.45, 7) is 3.20. The zero-order chi connectivity index (χ0) is 16.3. The standard InChI is InChI=1S/C13H18O6S2/c1-3-10-5-6-11(13(14)15)9-12(10)21(18,19)8-7-20(16,17)4-2/h5-6,9H,3-4,7-8H2,1-2H3,(H,14,15). The van der Waals surface area contributed by atoms with Gasteiger partial charge in [-0.25, -0.2) is 21.6 Å². The van der Waals surface area contributed by atoms with Crippen molar-refractivity contribution >= 4 is 25.6 Å². The molecule has 1 rings (SSSR count). The third-order valence-corrected chi connectivity index (χ3v) is 6.89. The number of aryl methyl sites for hydroxylation is 1. The van der Waals surface area contributed by atoms with Gasteiger partial charge in [0.1, 0.15) is 0 Å². The van der Waals surface area contributed by atoms with Crippen LogP contribution in [0.15, 0.2) is 23.1 Å². The summed E-state index contributed by atoms with van der Waals surface area (Å²) in [4.78, 5) is 10.9. The van der Waals surface area contributed by atoms with Crippen LogP contribution >= 0.6 is 0 Å². The second kappa shape index (κ2) is 6.57. The van der Waals surface area contributed by atoms with E-state index in [1.165, 1.54) is 19.1 Å². The Labute approximate surface area is 124 Å². The zero-order valence-corrected chi connectivity index (χ0v) is 13.5. The van der Waals surface area contributed by atoms with Gasteiger partial charge in [-0.15, -0.1) is 0 Å². The molecule has 0 radical (unpaired) electrons. The molecule has 0 spiro atoms. The SMILES string of the molecule is CCc1ccc(C(=O)O)cc1S(=O)(=O)CCS(=O)(=O)CC. The Balaban J connectivity index is 3.23. The molecule has 118 valence electrons. The lowest BCUT2D eigenvalue weighted by atomic mass is 10.1. The van der Waals surface area contributed by atoms with Crippen LogP contribution in [0, 0.1) is 0 Å². The third-order valence-electron chi connectivity index (χ3n) is 3.13. The van der Waals surface area contributed by atoms with Gasteiger partial charge in [-0.3, -0.25) is 0 Å². The highest BCUT2D eigenvalue weighted by molar-refractivity contribution is 7.95. The number of carboxylic acids is 1. The molecule has 0 bridgehead atoms. The van der Waals surface area contributed by atoms with Gasteiger partial charge in [-0.2, -0.15) is 0 Å². The lowest BCUT2D eigenvalue weighted by Gasteiger charge is -2.10. The lowest BCUT2D eigenvalue weighted by Crippen LogP contribution is -2.20. The Morgan fingerprint density at radius 3 is 2.19 bits per heavy atom. The number of carboxylic acid groups (broad SMARTS) is 1. The topological polar surface area (TPSA) is 106 Å². The quantitative estimate of drug-likeness (QED) is 0.802. The fourth-order valence-corrected chi connectivity index (χ4v) is 5.08. The zero-order valence-electron chi connectivity index (χ0n) is 11.9. The monoisotopic (exact) mass is 334 g/mol. The van der Waals surface area contributed by atoms with Gasteiger partial charge < -0.3 is 5.11 Å². The van der Waals surface area contributed by atoms with E-state index >= 15 is 0 Å². The average Bonchev–Trinajstić information content (AvgIpc) is 2.44. The first-order chi connectivity index (χ1) is 9.63. The van der Waals surface area contributed by atoms with Crippen LogP contribution in [0.1, 0.15) is 29.8 Å². The first-order valence-electron chi connectivity index (χ1n) is 6.42. The summed E-state index contributed by atoms with van der Waals surface area (Å²) >= 11 is 0. The van der Waals surface area contributed by atoms with Crippen molar-refractivity contribution in [1.29, 1.82) is 0 Å². The number of sulfone groups is 2. The molecule has 8 heteroatoms. The molecule has 1 aromatic carbocycles. The summed E-state index contributed by atoms with van der Waals surface area (Å²) in [6, 6.07) is 3.88. The molecule has 0 amide bonds. The minimum atomic E-state index is -3.84. The summed E-state index contributed by atoms with van der Waals surface area (Å²) in [6.07, 6.45) is 0.412. The van der Waals surface area contributed by atoms with Gasteiger partial charge >= 0.3 is 5.97 Å². The fraction of sp³-hybridized carbons (Fsp3) is 0.462. The van der Waals surface area contributed by atoms with Gasteiger partial charge in [0.15, 0.2) is 19.7 Å². The van der Waals surface area contributed by atoms with E-state index in [1.54, 1.807) is 6.92 Å². The Morgan fingerprint density at radius 1 is 1.10 bits per heavy atom. The number of carbonyl (C=O) groups is 1. The molecule has 0 aliphatic carbocycles. The normalized spacial score (nSPS) is 12.3. The first kappa shape index (κ1) is 17.6. The number of benzene rings is 1. The molecule has 0 saturated carbocycles. The van der Waals surface area contributed by atoms with Crippen molar-refractivity contribution in [2.75, 3.05) is 17.3 Å². The van der Waals surface area contributed by atoms with Crippen LogP contribution in [0.4, 0.5) is 0 Å². The highest BCUT2D eigenvalue weighted by Crippen LogP contribution is 2.20. The van der Waals surface area contributed by atoms with Gasteiger partial charge in [0, 0.05) is 5.75 Å². The smallest absolute Gasteiger partial charge is 0.335 e. The number of aromatic carboxylic acids is 1. The predicted molar refractivity (Wildman–Crippen MR) is 79.2 cm³/mol. The Hall–Kier alpha value is -1.41. The molecular weight excluding hydrogens is 316 g/mol. The Kier molecular flexibility index (Phi) is 5.52. The van der Waals surface area contributed by atoms with E-state index in [1.807, 2.05) is 0 Å². The summed E-state index contributed by atoms with van der Waals surface area (Å²) in [5.74, 6) is -2.36. The highest BCUT2D eigenvalue weighted by atomic mass is 32.2.